The minimum Gasteiger partial charge on any atom is -0.444 e. The Hall–Kier alpha value is -0.780. The van der Waals surface area contributed by atoms with Gasteiger partial charge in [0.15, 0.2) is 0 Å². The number of rotatable bonds is 2. The predicted octanol–water partition coefficient (Wildman–Crippen LogP) is 2.11. The Kier molecular flexibility index (Phi) is 4.80. The zero-order valence-electron chi connectivity index (χ0n) is 10.4. The lowest BCUT2D eigenvalue weighted by Crippen LogP contribution is -2.44. The molecule has 1 fully saturated rings. The standard InChI is InChI=1S/C11H19BrN2O3/c1-11(2,3)17-10(16)13-8-6-4-5-7(8)9(15)14-12/h7-8H,4-6H2,1-3H3,(H,13,16)(H,14,15). The van der Waals surface area contributed by atoms with Crippen LogP contribution >= 0.6 is 16.1 Å². The number of halogens is 1. The van der Waals surface area contributed by atoms with Crippen molar-refractivity contribution in [2.24, 2.45) is 5.92 Å². The summed E-state index contributed by atoms with van der Waals surface area (Å²) in [6.45, 7) is 5.43. The first kappa shape index (κ1) is 14.3. The van der Waals surface area contributed by atoms with Crippen LogP contribution in [0.3, 0.4) is 0 Å². The second kappa shape index (κ2) is 5.71. The summed E-state index contributed by atoms with van der Waals surface area (Å²) in [4.78, 5) is 23.1. The van der Waals surface area contributed by atoms with Gasteiger partial charge in [-0.1, -0.05) is 6.42 Å². The Morgan fingerprint density at radius 2 is 1.94 bits per heavy atom. The van der Waals surface area contributed by atoms with E-state index in [0.717, 1.165) is 19.3 Å². The summed E-state index contributed by atoms with van der Waals surface area (Å²) in [6.07, 6.45) is 2.07. The fraction of sp³-hybridized carbons (Fsp3) is 0.818. The molecule has 0 aliphatic heterocycles. The molecule has 0 aromatic heterocycles. The van der Waals surface area contributed by atoms with Crippen molar-refractivity contribution in [1.82, 2.24) is 9.66 Å². The number of ether oxygens (including phenoxy) is 1. The van der Waals surface area contributed by atoms with E-state index in [1.54, 1.807) is 0 Å². The molecule has 98 valence electrons. The molecule has 2 amide bonds. The van der Waals surface area contributed by atoms with Crippen molar-refractivity contribution in [3.8, 4) is 0 Å². The van der Waals surface area contributed by atoms with Crippen molar-refractivity contribution >= 4 is 28.1 Å². The molecule has 0 bridgehead atoms. The van der Waals surface area contributed by atoms with Crippen LogP contribution in [0.15, 0.2) is 0 Å². The maximum atomic E-state index is 11.6. The Morgan fingerprint density at radius 1 is 1.29 bits per heavy atom. The Bertz CT molecular complexity index is 302. The molecular formula is C11H19BrN2O3. The molecule has 17 heavy (non-hydrogen) atoms. The fourth-order valence-electron chi connectivity index (χ4n) is 1.98. The number of hydrogen-bond acceptors (Lipinski definition) is 3. The minimum absolute atomic E-state index is 0.0939. The molecule has 2 unspecified atom stereocenters. The zero-order valence-corrected chi connectivity index (χ0v) is 12.0. The quantitative estimate of drug-likeness (QED) is 0.768. The van der Waals surface area contributed by atoms with Gasteiger partial charge in [0, 0.05) is 22.2 Å². The van der Waals surface area contributed by atoms with Gasteiger partial charge in [0.2, 0.25) is 5.91 Å². The molecular weight excluding hydrogens is 288 g/mol. The average Bonchev–Trinajstić information content (AvgIpc) is 2.61. The van der Waals surface area contributed by atoms with Crippen LogP contribution in [-0.2, 0) is 9.53 Å². The highest BCUT2D eigenvalue weighted by atomic mass is 79.9. The van der Waals surface area contributed by atoms with Gasteiger partial charge in [0.1, 0.15) is 5.60 Å². The van der Waals surface area contributed by atoms with Crippen molar-refractivity contribution in [3.05, 3.63) is 0 Å². The Morgan fingerprint density at radius 3 is 2.47 bits per heavy atom. The highest BCUT2D eigenvalue weighted by molar-refractivity contribution is 9.08. The van der Waals surface area contributed by atoms with E-state index in [-0.39, 0.29) is 17.9 Å². The summed E-state index contributed by atoms with van der Waals surface area (Å²) in [6, 6.07) is -0.137. The van der Waals surface area contributed by atoms with E-state index in [2.05, 4.69) is 25.8 Å². The van der Waals surface area contributed by atoms with Gasteiger partial charge in [0.05, 0.1) is 5.92 Å². The predicted molar refractivity (Wildman–Crippen MR) is 67.6 cm³/mol. The molecule has 0 radical (unpaired) electrons. The maximum Gasteiger partial charge on any atom is 0.407 e. The van der Waals surface area contributed by atoms with E-state index < -0.39 is 11.7 Å². The van der Waals surface area contributed by atoms with Gasteiger partial charge in [-0.05, 0) is 33.6 Å². The van der Waals surface area contributed by atoms with E-state index >= 15 is 0 Å². The number of carbonyl (C=O) groups excluding carboxylic acids is 2. The molecule has 0 aromatic carbocycles. The third-order valence-corrected chi connectivity index (χ3v) is 3.04. The van der Waals surface area contributed by atoms with Crippen LogP contribution in [0.2, 0.25) is 0 Å². The van der Waals surface area contributed by atoms with Crippen molar-refractivity contribution in [1.29, 1.82) is 0 Å². The minimum atomic E-state index is -0.518. The molecule has 1 aliphatic rings. The SMILES string of the molecule is CC(C)(C)OC(=O)NC1CCCC1C(=O)NBr. The van der Waals surface area contributed by atoms with Gasteiger partial charge in [-0.2, -0.15) is 0 Å². The first-order valence-electron chi connectivity index (χ1n) is 5.73. The largest absolute Gasteiger partial charge is 0.444 e. The average molecular weight is 307 g/mol. The van der Waals surface area contributed by atoms with Crippen LogP contribution in [0.5, 0.6) is 0 Å². The highest BCUT2D eigenvalue weighted by Crippen LogP contribution is 2.26. The molecule has 6 heteroatoms. The topological polar surface area (TPSA) is 67.4 Å². The number of amides is 2. The van der Waals surface area contributed by atoms with E-state index in [0.29, 0.717) is 0 Å². The van der Waals surface area contributed by atoms with E-state index in [1.807, 2.05) is 20.8 Å². The number of alkyl carbamates (subject to hydrolysis) is 1. The summed E-state index contributed by atoms with van der Waals surface area (Å²) in [5, 5.41) is 2.76. The molecule has 2 atom stereocenters. The van der Waals surface area contributed by atoms with Gasteiger partial charge in [-0.3, -0.25) is 9.14 Å². The van der Waals surface area contributed by atoms with Crippen molar-refractivity contribution < 1.29 is 14.3 Å². The second-order valence-electron chi connectivity index (χ2n) is 5.25. The Balaban J connectivity index is 2.50. The zero-order chi connectivity index (χ0) is 13.1. The molecule has 1 rings (SSSR count). The van der Waals surface area contributed by atoms with Crippen molar-refractivity contribution in [2.75, 3.05) is 0 Å². The molecule has 0 heterocycles. The number of hydrogen-bond donors (Lipinski definition) is 2. The normalized spacial score (nSPS) is 24.2. The molecule has 2 N–H and O–H groups in total. The van der Waals surface area contributed by atoms with E-state index in [9.17, 15) is 9.59 Å². The molecule has 0 spiro atoms. The summed E-state index contributed by atoms with van der Waals surface area (Å²) < 4.78 is 7.61. The van der Waals surface area contributed by atoms with Crippen molar-refractivity contribution in [3.63, 3.8) is 0 Å². The molecule has 1 aliphatic carbocycles. The molecule has 1 saturated carbocycles. The first-order chi connectivity index (χ1) is 7.83. The van der Waals surface area contributed by atoms with Gasteiger partial charge < -0.3 is 10.1 Å². The van der Waals surface area contributed by atoms with Crippen molar-refractivity contribution in [2.45, 2.75) is 51.7 Å². The molecule has 0 aromatic rings. The lowest BCUT2D eigenvalue weighted by atomic mass is 10.0. The van der Waals surface area contributed by atoms with Gasteiger partial charge >= 0.3 is 6.09 Å². The Labute approximate surface area is 110 Å². The van der Waals surface area contributed by atoms with E-state index in [1.165, 1.54) is 0 Å². The number of nitrogens with one attached hydrogen (secondary N) is 2. The third kappa shape index (κ3) is 4.53. The van der Waals surface area contributed by atoms with Gasteiger partial charge in [-0.25, -0.2) is 4.79 Å². The van der Waals surface area contributed by atoms with Crippen LogP contribution in [0.1, 0.15) is 40.0 Å². The number of carbonyl (C=O) groups is 2. The van der Waals surface area contributed by atoms with E-state index in [4.69, 9.17) is 4.74 Å². The fourth-order valence-corrected chi connectivity index (χ4v) is 2.27. The smallest absolute Gasteiger partial charge is 0.407 e. The van der Waals surface area contributed by atoms with Crippen LogP contribution < -0.4 is 9.66 Å². The summed E-state index contributed by atoms with van der Waals surface area (Å²) in [5.74, 6) is -0.273. The van der Waals surface area contributed by atoms with Crippen LogP contribution in [0, 0.1) is 5.92 Å². The molecule has 0 saturated heterocycles. The van der Waals surface area contributed by atoms with Crippen LogP contribution in [0.4, 0.5) is 4.79 Å². The monoisotopic (exact) mass is 306 g/mol. The summed E-state index contributed by atoms with van der Waals surface area (Å²) in [5.41, 5.74) is -0.518. The lowest BCUT2D eigenvalue weighted by Gasteiger charge is -2.23. The van der Waals surface area contributed by atoms with Gasteiger partial charge in [-0.15, -0.1) is 0 Å². The van der Waals surface area contributed by atoms with Crippen LogP contribution in [-0.4, -0.2) is 23.6 Å². The molecule has 5 nitrogen and oxygen atoms in total. The lowest BCUT2D eigenvalue weighted by molar-refractivity contribution is -0.123. The highest BCUT2D eigenvalue weighted by Gasteiger charge is 2.34. The first-order valence-corrected chi connectivity index (χ1v) is 6.53. The van der Waals surface area contributed by atoms with Gasteiger partial charge in [0.25, 0.3) is 0 Å². The second-order valence-corrected chi connectivity index (χ2v) is 5.65. The summed E-state index contributed by atoms with van der Waals surface area (Å²) in [7, 11) is 0. The third-order valence-electron chi connectivity index (χ3n) is 2.65. The maximum absolute atomic E-state index is 11.6. The summed E-state index contributed by atoms with van der Waals surface area (Å²) >= 11 is 2.92. The van der Waals surface area contributed by atoms with Crippen LogP contribution in [0.25, 0.3) is 0 Å².